The summed E-state index contributed by atoms with van der Waals surface area (Å²) in [6.07, 6.45) is 0. The van der Waals surface area contributed by atoms with Crippen molar-refractivity contribution in [1.82, 2.24) is 10.3 Å². The van der Waals surface area contributed by atoms with E-state index in [1.54, 1.807) is 20.1 Å². The quantitative estimate of drug-likeness (QED) is 0.535. The molecule has 1 aromatic heterocycles. The molecule has 0 bridgehead atoms. The number of fused-ring (bicyclic) bond motifs is 1. The summed E-state index contributed by atoms with van der Waals surface area (Å²) in [5, 5.41) is 3.85. The molecule has 0 fully saturated rings. The second kappa shape index (κ2) is 8.16. The lowest BCUT2D eigenvalue weighted by Gasteiger charge is -2.25. The van der Waals surface area contributed by atoms with Gasteiger partial charge >= 0.3 is 5.97 Å². The first-order valence-electron chi connectivity index (χ1n) is 8.95. The van der Waals surface area contributed by atoms with Crippen molar-refractivity contribution < 1.29 is 18.7 Å². The van der Waals surface area contributed by atoms with Crippen molar-refractivity contribution in [2.45, 2.75) is 13.0 Å². The number of carbonyl (C=O) groups is 1. The molecule has 0 aliphatic carbocycles. The topological polar surface area (TPSA) is 72.8 Å². The Labute approximate surface area is 184 Å². The lowest BCUT2D eigenvalue weighted by atomic mass is 9.96. The highest BCUT2D eigenvalue weighted by molar-refractivity contribution is 9.10. The van der Waals surface area contributed by atoms with Crippen LogP contribution in [-0.4, -0.2) is 31.0 Å². The zero-order chi connectivity index (χ0) is 21.4. The number of aliphatic imine (C=N–C) groups is 1. The van der Waals surface area contributed by atoms with Gasteiger partial charge in [0.1, 0.15) is 17.6 Å². The predicted molar refractivity (Wildman–Crippen MR) is 117 cm³/mol. The monoisotopic (exact) mass is 489 g/mol. The molecular formula is C21H17BrFN3O3S. The van der Waals surface area contributed by atoms with Crippen LogP contribution in [0.15, 0.2) is 57.1 Å². The predicted octanol–water partition coefficient (Wildman–Crippen LogP) is 4.74. The first-order chi connectivity index (χ1) is 14.4. The summed E-state index contributed by atoms with van der Waals surface area (Å²) in [6, 6.07) is 9.26. The van der Waals surface area contributed by atoms with E-state index < -0.39 is 12.0 Å². The molecule has 3 aromatic rings. The van der Waals surface area contributed by atoms with E-state index in [1.165, 1.54) is 30.6 Å². The Morgan fingerprint density at radius 2 is 2.03 bits per heavy atom. The maximum absolute atomic E-state index is 13.6. The number of methoxy groups -OCH3 is 2. The van der Waals surface area contributed by atoms with Crippen molar-refractivity contribution in [2.24, 2.45) is 4.99 Å². The van der Waals surface area contributed by atoms with E-state index in [9.17, 15) is 9.18 Å². The number of amidine groups is 1. The summed E-state index contributed by atoms with van der Waals surface area (Å²) >= 11 is 4.85. The molecule has 0 amide bonds. The number of ether oxygens (including phenoxy) is 2. The molecule has 154 valence electrons. The van der Waals surface area contributed by atoms with Gasteiger partial charge in [0.05, 0.1) is 30.0 Å². The van der Waals surface area contributed by atoms with Crippen LogP contribution >= 0.6 is 27.3 Å². The molecule has 0 saturated heterocycles. The first-order valence-corrected chi connectivity index (χ1v) is 10.6. The van der Waals surface area contributed by atoms with Crippen LogP contribution in [0.2, 0.25) is 0 Å². The zero-order valence-electron chi connectivity index (χ0n) is 16.3. The minimum Gasteiger partial charge on any atom is -0.497 e. The molecule has 1 atom stereocenters. The number of allylic oxidation sites excluding steroid dienone is 1. The van der Waals surface area contributed by atoms with Crippen LogP contribution in [0, 0.1) is 5.82 Å². The van der Waals surface area contributed by atoms with Crippen molar-refractivity contribution in [3.05, 3.63) is 68.5 Å². The Bertz CT molecular complexity index is 1220. The van der Waals surface area contributed by atoms with Crippen molar-refractivity contribution in [3.8, 4) is 5.75 Å². The van der Waals surface area contributed by atoms with Crippen molar-refractivity contribution >= 4 is 49.3 Å². The minimum absolute atomic E-state index is 0.358. The summed E-state index contributed by atoms with van der Waals surface area (Å²) in [5.41, 5.74) is 2.43. The lowest BCUT2D eigenvalue weighted by Crippen LogP contribution is -2.32. The smallest absolute Gasteiger partial charge is 0.338 e. The van der Waals surface area contributed by atoms with Gasteiger partial charge < -0.3 is 14.8 Å². The number of nitrogens with one attached hydrogen (secondary N) is 1. The molecule has 2 aromatic carbocycles. The zero-order valence-corrected chi connectivity index (χ0v) is 18.7. The van der Waals surface area contributed by atoms with Crippen LogP contribution < -0.4 is 10.1 Å². The minimum atomic E-state index is -0.676. The largest absolute Gasteiger partial charge is 0.497 e. The number of nitrogens with zero attached hydrogens (tertiary/aromatic N) is 2. The number of benzene rings is 2. The highest BCUT2D eigenvalue weighted by atomic mass is 79.9. The van der Waals surface area contributed by atoms with Gasteiger partial charge in [0.15, 0.2) is 10.8 Å². The standard InChI is InChI=1S/C21H17BrFN3O3S/c1-10-17(21(27)29-3)18(13-6-4-11(23)8-14(13)22)26-19(24-10)20-25-15-7-5-12(28-2)9-16(15)30-20/h4-9,18H,1-3H3,(H,24,26)/t18-/m0/s1. The average molecular weight is 490 g/mol. The molecule has 0 radical (unpaired) electrons. The molecule has 0 spiro atoms. The highest BCUT2D eigenvalue weighted by Gasteiger charge is 2.32. The van der Waals surface area contributed by atoms with Gasteiger partial charge in [-0.15, -0.1) is 11.3 Å². The van der Waals surface area contributed by atoms with E-state index in [2.05, 4.69) is 26.2 Å². The van der Waals surface area contributed by atoms with Gasteiger partial charge in [-0.3, -0.25) is 4.99 Å². The maximum Gasteiger partial charge on any atom is 0.338 e. The van der Waals surface area contributed by atoms with E-state index in [-0.39, 0.29) is 5.82 Å². The summed E-state index contributed by atoms with van der Waals surface area (Å²) in [6.45, 7) is 1.78. The van der Waals surface area contributed by atoms with Gasteiger partial charge in [-0.25, -0.2) is 14.2 Å². The van der Waals surface area contributed by atoms with Crippen LogP contribution in [0.1, 0.15) is 23.5 Å². The highest BCUT2D eigenvalue weighted by Crippen LogP contribution is 2.37. The summed E-state index contributed by atoms with van der Waals surface area (Å²) in [7, 11) is 2.93. The van der Waals surface area contributed by atoms with E-state index >= 15 is 0 Å². The summed E-state index contributed by atoms with van der Waals surface area (Å²) in [4.78, 5) is 21.9. The van der Waals surface area contributed by atoms with Gasteiger partial charge in [-0.05, 0) is 42.8 Å². The van der Waals surface area contributed by atoms with Crippen LogP contribution in [0.3, 0.4) is 0 Å². The Balaban J connectivity index is 1.83. The third kappa shape index (κ3) is 3.70. The molecule has 9 heteroatoms. The summed E-state index contributed by atoms with van der Waals surface area (Å²) in [5.74, 6) is 0.386. The van der Waals surface area contributed by atoms with E-state index in [0.717, 1.165) is 16.0 Å². The second-order valence-corrected chi connectivity index (χ2v) is 8.44. The number of hydrogen-bond donors (Lipinski definition) is 1. The van der Waals surface area contributed by atoms with Gasteiger partial charge in [-0.1, -0.05) is 22.0 Å². The van der Waals surface area contributed by atoms with Crippen LogP contribution in [0.25, 0.3) is 10.2 Å². The van der Waals surface area contributed by atoms with E-state index in [0.29, 0.717) is 32.1 Å². The third-order valence-electron chi connectivity index (χ3n) is 4.70. The van der Waals surface area contributed by atoms with Gasteiger partial charge in [-0.2, -0.15) is 0 Å². The Kier molecular flexibility index (Phi) is 5.57. The van der Waals surface area contributed by atoms with Crippen LogP contribution in [0.5, 0.6) is 5.75 Å². The fraction of sp³-hybridized carbons (Fsp3) is 0.190. The van der Waals surface area contributed by atoms with Gasteiger partial charge in [0.2, 0.25) is 0 Å². The number of esters is 1. The fourth-order valence-corrected chi connectivity index (χ4v) is 4.75. The molecule has 2 heterocycles. The second-order valence-electron chi connectivity index (χ2n) is 6.55. The summed E-state index contributed by atoms with van der Waals surface area (Å²) < 4.78 is 25.4. The number of halogens is 2. The lowest BCUT2D eigenvalue weighted by molar-refractivity contribution is -0.136. The number of carbonyl (C=O) groups excluding carboxylic acids is 1. The molecule has 0 saturated carbocycles. The third-order valence-corrected chi connectivity index (χ3v) is 6.41. The molecule has 6 nitrogen and oxygen atoms in total. The van der Waals surface area contributed by atoms with Gasteiger partial charge in [0, 0.05) is 10.2 Å². The maximum atomic E-state index is 13.6. The van der Waals surface area contributed by atoms with E-state index in [1.807, 2.05) is 18.2 Å². The number of hydrogen-bond acceptors (Lipinski definition) is 7. The van der Waals surface area contributed by atoms with Crippen molar-refractivity contribution in [1.29, 1.82) is 0 Å². The van der Waals surface area contributed by atoms with Gasteiger partial charge in [0.25, 0.3) is 0 Å². The molecule has 0 unspecified atom stereocenters. The SMILES string of the molecule is COC(=O)C1=C(C)NC(c2nc3ccc(OC)cc3s2)=N[C@H]1c1ccc(F)cc1Br. The molecule has 1 aliphatic heterocycles. The van der Waals surface area contributed by atoms with Crippen molar-refractivity contribution in [3.63, 3.8) is 0 Å². The Morgan fingerprint density at radius 1 is 1.23 bits per heavy atom. The average Bonchev–Trinajstić information content (AvgIpc) is 3.16. The van der Waals surface area contributed by atoms with Crippen LogP contribution in [0.4, 0.5) is 4.39 Å². The fourth-order valence-electron chi connectivity index (χ4n) is 3.24. The van der Waals surface area contributed by atoms with Crippen LogP contribution in [-0.2, 0) is 9.53 Å². The number of rotatable bonds is 4. The first kappa shape index (κ1) is 20.5. The normalized spacial score (nSPS) is 16.3. The molecular weight excluding hydrogens is 473 g/mol. The number of thiazole rings is 1. The molecule has 1 N–H and O–H groups in total. The molecule has 30 heavy (non-hydrogen) atoms. The van der Waals surface area contributed by atoms with Crippen molar-refractivity contribution in [2.75, 3.05) is 14.2 Å². The Morgan fingerprint density at radius 3 is 2.73 bits per heavy atom. The molecule has 1 aliphatic rings. The Hall–Kier alpha value is -2.78. The number of aromatic nitrogens is 1. The molecule has 4 rings (SSSR count). The van der Waals surface area contributed by atoms with E-state index in [4.69, 9.17) is 14.5 Å².